The minimum atomic E-state index is 0.443. The first-order chi connectivity index (χ1) is 4.86. The van der Waals surface area contributed by atoms with Crippen LogP contribution in [0.25, 0.3) is 5.52 Å². The standard InChI is InChI=1S/C6H5N3/c1-2-4-9-6(3-1)5-7-8-9/h1-5H/i2D. The Kier molecular flexibility index (Phi) is 0.621. The zero-order chi connectivity index (χ0) is 6.97. The fourth-order valence-electron chi connectivity index (χ4n) is 0.718. The molecule has 0 fully saturated rings. The van der Waals surface area contributed by atoms with E-state index in [0.717, 1.165) is 5.52 Å². The maximum Gasteiger partial charge on any atom is 0.0864 e. The molecule has 0 aliphatic carbocycles. The summed E-state index contributed by atoms with van der Waals surface area (Å²) in [6.45, 7) is 0. The third-order valence-electron chi connectivity index (χ3n) is 1.15. The summed E-state index contributed by atoms with van der Waals surface area (Å²) < 4.78 is 8.80. The molecule has 3 nitrogen and oxygen atoms in total. The van der Waals surface area contributed by atoms with Crippen molar-refractivity contribution in [1.29, 1.82) is 0 Å². The average molecular weight is 120 g/mol. The lowest BCUT2D eigenvalue weighted by Gasteiger charge is -1.84. The number of fused-ring (bicyclic) bond motifs is 1. The van der Waals surface area contributed by atoms with Crippen LogP contribution in [-0.2, 0) is 0 Å². The highest BCUT2D eigenvalue weighted by molar-refractivity contribution is 5.41. The second-order valence-corrected chi connectivity index (χ2v) is 1.73. The maximum atomic E-state index is 7.23. The van der Waals surface area contributed by atoms with Crippen LogP contribution in [-0.4, -0.2) is 14.8 Å². The first-order valence-corrected chi connectivity index (χ1v) is 2.63. The molecule has 0 spiro atoms. The number of pyridine rings is 1. The van der Waals surface area contributed by atoms with E-state index < -0.39 is 0 Å². The van der Waals surface area contributed by atoms with Crippen molar-refractivity contribution in [2.75, 3.05) is 0 Å². The van der Waals surface area contributed by atoms with E-state index in [0.29, 0.717) is 6.04 Å². The molecule has 0 N–H and O–H groups in total. The van der Waals surface area contributed by atoms with E-state index >= 15 is 0 Å². The summed E-state index contributed by atoms with van der Waals surface area (Å²) in [7, 11) is 0. The Morgan fingerprint density at radius 1 is 1.67 bits per heavy atom. The van der Waals surface area contributed by atoms with Crippen LogP contribution in [0.2, 0.25) is 0 Å². The largest absolute Gasteiger partial charge is 0.221 e. The Balaban J connectivity index is 2.86. The molecule has 0 atom stereocenters. The summed E-state index contributed by atoms with van der Waals surface area (Å²) in [6, 6.07) is 3.96. The maximum absolute atomic E-state index is 7.23. The van der Waals surface area contributed by atoms with Gasteiger partial charge in [-0.3, -0.25) is 0 Å². The third-order valence-corrected chi connectivity index (χ3v) is 1.15. The van der Waals surface area contributed by atoms with Gasteiger partial charge in [0.1, 0.15) is 0 Å². The van der Waals surface area contributed by atoms with E-state index in [9.17, 15) is 0 Å². The van der Waals surface area contributed by atoms with Gasteiger partial charge in [-0.05, 0) is 12.1 Å². The monoisotopic (exact) mass is 120 g/mol. The van der Waals surface area contributed by atoms with Gasteiger partial charge in [-0.15, -0.1) is 5.10 Å². The van der Waals surface area contributed by atoms with Gasteiger partial charge in [0.05, 0.1) is 13.1 Å². The van der Waals surface area contributed by atoms with E-state index in [1.54, 1.807) is 23.0 Å². The summed E-state index contributed by atoms with van der Waals surface area (Å²) >= 11 is 0. The van der Waals surface area contributed by atoms with Crippen LogP contribution in [0.4, 0.5) is 0 Å². The molecule has 2 aromatic heterocycles. The molecule has 0 aliphatic rings. The molecule has 0 aromatic carbocycles. The molecule has 9 heavy (non-hydrogen) atoms. The minimum Gasteiger partial charge on any atom is -0.221 e. The molecule has 3 heteroatoms. The molecule has 0 aliphatic heterocycles. The quantitative estimate of drug-likeness (QED) is 0.513. The Morgan fingerprint density at radius 2 is 2.67 bits per heavy atom. The number of hydrogen-bond acceptors (Lipinski definition) is 2. The Bertz CT molecular complexity index is 355. The van der Waals surface area contributed by atoms with Crippen LogP contribution in [0.5, 0.6) is 0 Å². The number of aromatic nitrogens is 3. The van der Waals surface area contributed by atoms with E-state index in [1.165, 1.54) is 0 Å². The lowest BCUT2D eigenvalue weighted by Crippen LogP contribution is -1.82. The smallest absolute Gasteiger partial charge is 0.0864 e. The molecule has 0 saturated heterocycles. The molecular formula is C6H5N3. The van der Waals surface area contributed by atoms with Crippen molar-refractivity contribution in [3.63, 3.8) is 0 Å². The van der Waals surface area contributed by atoms with Crippen LogP contribution in [0.15, 0.2) is 30.6 Å². The summed E-state index contributed by atoms with van der Waals surface area (Å²) in [5, 5.41) is 7.40. The van der Waals surface area contributed by atoms with Gasteiger partial charge in [0.15, 0.2) is 0 Å². The van der Waals surface area contributed by atoms with Crippen molar-refractivity contribution in [2.24, 2.45) is 0 Å². The second kappa shape index (κ2) is 1.55. The minimum absolute atomic E-state index is 0.443. The Morgan fingerprint density at radius 3 is 3.67 bits per heavy atom. The topological polar surface area (TPSA) is 30.2 Å². The SMILES string of the molecule is [2H]c1ccc2cnnn2c1. The average Bonchev–Trinajstić information content (AvgIpc) is 2.33. The van der Waals surface area contributed by atoms with Crippen molar-refractivity contribution >= 4 is 5.52 Å². The molecule has 0 amide bonds. The zero-order valence-corrected chi connectivity index (χ0v) is 4.65. The van der Waals surface area contributed by atoms with E-state index in [1.807, 2.05) is 6.07 Å². The summed E-state index contributed by atoms with van der Waals surface area (Å²) in [6.07, 6.45) is 3.27. The fourth-order valence-corrected chi connectivity index (χ4v) is 0.718. The number of rotatable bonds is 0. The van der Waals surface area contributed by atoms with Gasteiger partial charge in [-0.25, -0.2) is 4.52 Å². The van der Waals surface area contributed by atoms with Crippen LogP contribution < -0.4 is 0 Å². The predicted molar refractivity (Wildman–Crippen MR) is 33.0 cm³/mol. The van der Waals surface area contributed by atoms with Crippen molar-refractivity contribution in [2.45, 2.75) is 0 Å². The normalized spacial score (nSPS) is 11.8. The molecular weight excluding hydrogens is 114 g/mol. The van der Waals surface area contributed by atoms with E-state index in [2.05, 4.69) is 10.3 Å². The van der Waals surface area contributed by atoms with Gasteiger partial charge in [-0.1, -0.05) is 11.3 Å². The lowest BCUT2D eigenvalue weighted by atomic mass is 10.4. The number of hydrogen-bond donors (Lipinski definition) is 0. The first kappa shape index (κ1) is 3.61. The Hall–Kier alpha value is -1.38. The molecule has 2 aromatic rings. The van der Waals surface area contributed by atoms with Crippen molar-refractivity contribution in [3.05, 3.63) is 30.6 Å². The highest BCUT2D eigenvalue weighted by atomic mass is 15.4. The van der Waals surface area contributed by atoms with Gasteiger partial charge in [0.25, 0.3) is 0 Å². The van der Waals surface area contributed by atoms with E-state index in [4.69, 9.17) is 1.37 Å². The van der Waals surface area contributed by atoms with Crippen LogP contribution in [0.1, 0.15) is 1.37 Å². The van der Waals surface area contributed by atoms with Gasteiger partial charge >= 0.3 is 0 Å². The molecule has 0 bridgehead atoms. The fraction of sp³-hybridized carbons (Fsp3) is 0. The zero-order valence-electron chi connectivity index (χ0n) is 5.65. The third kappa shape index (κ3) is 0.579. The second-order valence-electron chi connectivity index (χ2n) is 1.73. The number of nitrogens with zero attached hydrogens (tertiary/aromatic N) is 3. The predicted octanol–water partition coefficient (Wildman–Crippen LogP) is 0.729. The molecule has 2 rings (SSSR count). The van der Waals surface area contributed by atoms with E-state index in [-0.39, 0.29) is 0 Å². The van der Waals surface area contributed by atoms with Gasteiger partial charge < -0.3 is 0 Å². The summed E-state index contributed by atoms with van der Waals surface area (Å²) in [5.74, 6) is 0. The Labute approximate surface area is 53.3 Å². The molecule has 0 unspecified atom stereocenters. The lowest BCUT2D eigenvalue weighted by molar-refractivity contribution is 0.855. The highest BCUT2D eigenvalue weighted by Gasteiger charge is 1.86. The van der Waals surface area contributed by atoms with Crippen molar-refractivity contribution in [1.82, 2.24) is 14.8 Å². The molecule has 0 saturated carbocycles. The molecule has 2 heterocycles. The van der Waals surface area contributed by atoms with Gasteiger partial charge in [0.2, 0.25) is 0 Å². The molecule has 0 radical (unpaired) electrons. The summed E-state index contributed by atoms with van der Waals surface area (Å²) in [4.78, 5) is 0. The highest BCUT2D eigenvalue weighted by Crippen LogP contribution is 1.95. The van der Waals surface area contributed by atoms with Gasteiger partial charge in [-0.2, -0.15) is 0 Å². The van der Waals surface area contributed by atoms with Crippen LogP contribution >= 0.6 is 0 Å². The van der Waals surface area contributed by atoms with Crippen molar-refractivity contribution < 1.29 is 1.37 Å². The van der Waals surface area contributed by atoms with Crippen LogP contribution in [0.3, 0.4) is 0 Å². The summed E-state index contributed by atoms with van der Waals surface area (Å²) in [5.41, 5.74) is 0.913. The van der Waals surface area contributed by atoms with Crippen molar-refractivity contribution in [3.8, 4) is 0 Å². The first-order valence-electron chi connectivity index (χ1n) is 3.13. The van der Waals surface area contributed by atoms with Gasteiger partial charge in [0, 0.05) is 6.20 Å². The van der Waals surface area contributed by atoms with Crippen LogP contribution in [0, 0.1) is 0 Å². The molecule has 44 valence electrons.